The molecule has 1 aliphatic rings. The largest absolute Gasteiger partial charge is 0.507 e. The molecule has 4 rings (SSSR count). The summed E-state index contributed by atoms with van der Waals surface area (Å²) in [6.07, 6.45) is 2.38. The van der Waals surface area contributed by atoms with Crippen molar-refractivity contribution in [3.05, 3.63) is 58.4 Å². The average molecular weight is 379 g/mol. The average Bonchev–Trinajstić information content (AvgIpc) is 2.70. The molecule has 0 aliphatic carbocycles. The maximum absolute atomic E-state index is 12.3. The molecule has 0 spiro atoms. The number of piperidine rings is 1. The van der Waals surface area contributed by atoms with E-state index in [1.54, 1.807) is 13.2 Å². The Kier molecular flexibility index (Phi) is 5.09. The van der Waals surface area contributed by atoms with Gasteiger partial charge in [-0.25, -0.2) is 4.79 Å². The summed E-state index contributed by atoms with van der Waals surface area (Å²) in [5.41, 5.74) is 2.43. The SMILES string of the molecule is COc1ccc(-c2cc(=O)oc3c(CN4CCC[C@@H](C)C4)c(O)ccc23)cc1. The Balaban J connectivity index is 1.81. The van der Waals surface area contributed by atoms with Crippen molar-refractivity contribution >= 4 is 11.0 Å². The highest BCUT2D eigenvalue weighted by Gasteiger charge is 2.21. The first-order valence-corrected chi connectivity index (χ1v) is 9.70. The second-order valence-electron chi connectivity index (χ2n) is 7.63. The molecule has 0 radical (unpaired) electrons. The van der Waals surface area contributed by atoms with Gasteiger partial charge in [0.1, 0.15) is 17.1 Å². The van der Waals surface area contributed by atoms with Crippen molar-refractivity contribution in [1.29, 1.82) is 0 Å². The summed E-state index contributed by atoms with van der Waals surface area (Å²) < 4.78 is 10.8. The number of fused-ring (bicyclic) bond motifs is 1. The Morgan fingerprint density at radius 1 is 1.21 bits per heavy atom. The Labute approximate surface area is 164 Å². The molecule has 1 aliphatic heterocycles. The second kappa shape index (κ2) is 7.68. The van der Waals surface area contributed by atoms with Crippen molar-refractivity contribution in [2.75, 3.05) is 20.2 Å². The summed E-state index contributed by atoms with van der Waals surface area (Å²) in [4.78, 5) is 14.6. The van der Waals surface area contributed by atoms with Gasteiger partial charge >= 0.3 is 5.63 Å². The number of ether oxygens (including phenoxy) is 1. The van der Waals surface area contributed by atoms with Crippen LogP contribution in [0.2, 0.25) is 0 Å². The van der Waals surface area contributed by atoms with Gasteiger partial charge in [0, 0.05) is 24.5 Å². The van der Waals surface area contributed by atoms with Crippen LogP contribution in [0.15, 0.2) is 51.7 Å². The summed E-state index contributed by atoms with van der Waals surface area (Å²) in [6.45, 7) is 4.79. The fourth-order valence-electron chi connectivity index (χ4n) is 4.09. The third-order valence-electron chi connectivity index (χ3n) is 5.51. The number of phenolic OH excluding ortho intramolecular Hbond substituents is 1. The Bertz CT molecular complexity index is 1040. The van der Waals surface area contributed by atoms with Crippen LogP contribution >= 0.6 is 0 Å². The summed E-state index contributed by atoms with van der Waals surface area (Å²) in [5, 5.41) is 11.3. The molecule has 0 saturated carbocycles. The molecule has 0 amide bonds. The molecule has 5 nitrogen and oxygen atoms in total. The van der Waals surface area contributed by atoms with Crippen LogP contribution in [0.25, 0.3) is 22.1 Å². The minimum atomic E-state index is -0.419. The van der Waals surface area contributed by atoms with Crippen LogP contribution in [-0.2, 0) is 6.54 Å². The van der Waals surface area contributed by atoms with Crippen LogP contribution < -0.4 is 10.4 Å². The van der Waals surface area contributed by atoms with Gasteiger partial charge in [0.25, 0.3) is 0 Å². The molecule has 0 unspecified atom stereocenters. The highest BCUT2D eigenvalue weighted by atomic mass is 16.5. The summed E-state index contributed by atoms with van der Waals surface area (Å²) in [7, 11) is 1.62. The van der Waals surface area contributed by atoms with Gasteiger partial charge in [-0.3, -0.25) is 4.90 Å². The first-order chi connectivity index (χ1) is 13.5. The van der Waals surface area contributed by atoms with Crippen molar-refractivity contribution in [2.24, 2.45) is 5.92 Å². The molecule has 2 aromatic carbocycles. The fraction of sp³-hybridized carbons (Fsp3) is 0.348. The van der Waals surface area contributed by atoms with Crippen LogP contribution in [-0.4, -0.2) is 30.2 Å². The summed E-state index contributed by atoms with van der Waals surface area (Å²) in [6, 6.07) is 12.6. The van der Waals surface area contributed by atoms with Gasteiger partial charge in [0.05, 0.1) is 12.7 Å². The monoisotopic (exact) mass is 379 g/mol. The lowest BCUT2D eigenvalue weighted by atomic mass is 9.97. The van der Waals surface area contributed by atoms with Crippen molar-refractivity contribution in [3.8, 4) is 22.6 Å². The lowest BCUT2D eigenvalue weighted by molar-refractivity contribution is 0.175. The number of hydrogen-bond acceptors (Lipinski definition) is 5. The van der Waals surface area contributed by atoms with Gasteiger partial charge in [-0.15, -0.1) is 0 Å². The van der Waals surface area contributed by atoms with Gasteiger partial charge in [-0.1, -0.05) is 19.1 Å². The van der Waals surface area contributed by atoms with E-state index in [0.29, 0.717) is 23.6 Å². The zero-order valence-electron chi connectivity index (χ0n) is 16.3. The Hall–Kier alpha value is -2.79. The van der Waals surface area contributed by atoms with Gasteiger partial charge < -0.3 is 14.3 Å². The van der Waals surface area contributed by atoms with E-state index in [1.807, 2.05) is 30.3 Å². The quantitative estimate of drug-likeness (QED) is 0.681. The molecule has 3 aromatic rings. The third-order valence-corrected chi connectivity index (χ3v) is 5.51. The van der Waals surface area contributed by atoms with Crippen LogP contribution in [0.1, 0.15) is 25.3 Å². The zero-order valence-corrected chi connectivity index (χ0v) is 16.3. The van der Waals surface area contributed by atoms with Gasteiger partial charge in [-0.2, -0.15) is 0 Å². The maximum Gasteiger partial charge on any atom is 0.336 e. The molecular weight excluding hydrogens is 354 g/mol. The molecule has 1 saturated heterocycles. The number of phenols is 1. The van der Waals surface area contributed by atoms with E-state index in [0.717, 1.165) is 41.8 Å². The van der Waals surface area contributed by atoms with Crippen molar-refractivity contribution in [3.63, 3.8) is 0 Å². The zero-order chi connectivity index (χ0) is 19.7. The Morgan fingerprint density at radius 2 is 2.00 bits per heavy atom. The Morgan fingerprint density at radius 3 is 2.71 bits per heavy atom. The smallest absolute Gasteiger partial charge is 0.336 e. The number of benzene rings is 2. The number of rotatable bonds is 4. The molecule has 146 valence electrons. The van der Waals surface area contributed by atoms with Gasteiger partial charge in [-0.05, 0) is 60.7 Å². The van der Waals surface area contributed by atoms with E-state index in [2.05, 4.69) is 11.8 Å². The van der Waals surface area contributed by atoms with Crippen molar-refractivity contribution < 1.29 is 14.3 Å². The molecular formula is C23H25NO4. The predicted molar refractivity (Wildman–Crippen MR) is 110 cm³/mol. The number of likely N-dealkylation sites (tertiary alicyclic amines) is 1. The standard InChI is InChI=1S/C23H25NO4/c1-15-4-3-11-24(13-15)14-20-21(25)10-9-18-19(12-22(26)28-23(18)20)16-5-7-17(27-2)8-6-16/h5-10,12,15,25H,3-4,11,13-14H2,1-2H3/t15-/m1/s1. The number of methoxy groups -OCH3 is 1. The maximum atomic E-state index is 12.3. The highest BCUT2D eigenvalue weighted by molar-refractivity contribution is 5.95. The molecule has 2 heterocycles. The number of hydrogen-bond donors (Lipinski definition) is 1. The molecule has 1 N–H and O–H groups in total. The topological polar surface area (TPSA) is 62.9 Å². The van der Waals surface area contributed by atoms with E-state index in [4.69, 9.17) is 9.15 Å². The minimum Gasteiger partial charge on any atom is -0.507 e. The molecule has 1 atom stereocenters. The van der Waals surface area contributed by atoms with E-state index >= 15 is 0 Å². The van der Waals surface area contributed by atoms with E-state index < -0.39 is 5.63 Å². The van der Waals surface area contributed by atoms with E-state index in [-0.39, 0.29) is 5.75 Å². The summed E-state index contributed by atoms with van der Waals surface area (Å²) >= 11 is 0. The molecule has 28 heavy (non-hydrogen) atoms. The van der Waals surface area contributed by atoms with Gasteiger partial charge in [0.15, 0.2) is 0 Å². The van der Waals surface area contributed by atoms with Crippen LogP contribution in [0, 0.1) is 5.92 Å². The third kappa shape index (κ3) is 3.62. The minimum absolute atomic E-state index is 0.167. The molecule has 0 bridgehead atoms. The fourth-order valence-corrected chi connectivity index (χ4v) is 4.09. The van der Waals surface area contributed by atoms with E-state index in [1.165, 1.54) is 12.5 Å². The van der Waals surface area contributed by atoms with Crippen LogP contribution in [0.3, 0.4) is 0 Å². The lowest BCUT2D eigenvalue weighted by Crippen LogP contribution is -2.33. The normalized spacial score (nSPS) is 17.7. The first-order valence-electron chi connectivity index (χ1n) is 9.70. The van der Waals surface area contributed by atoms with Crippen molar-refractivity contribution in [1.82, 2.24) is 4.90 Å². The van der Waals surface area contributed by atoms with E-state index in [9.17, 15) is 9.90 Å². The second-order valence-corrected chi connectivity index (χ2v) is 7.63. The summed E-state index contributed by atoms with van der Waals surface area (Å²) in [5.74, 6) is 1.56. The predicted octanol–water partition coefficient (Wildman–Crippen LogP) is 4.41. The number of aromatic hydroxyl groups is 1. The van der Waals surface area contributed by atoms with Crippen LogP contribution in [0.4, 0.5) is 0 Å². The van der Waals surface area contributed by atoms with Crippen molar-refractivity contribution in [2.45, 2.75) is 26.3 Å². The lowest BCUT2D eigenvalue weighted by Gasteiger charge is -2.31. The molecule has 5 heteroatoms. The van der Waals surface area contributed by atoms with Gasteiger partial charge in [0.2, 0.25) is 0 Å². The number of nitrogens with zero attached hydrogens (tertiary/aromatic N) is 1. The first kappa shape index (κ1) is 18.6. The van der Waals surface area contributed by atoms with Crippen LogP contribution in [0.5, 0.6) is 11.5 Å². The molecule has 1 fully saturated rings. The highest BCUT2D eigenvalue weighted by Crippen LogP contribution is 2.35. The molecule has 1 aromatic heterocycles.